The number of hydrogen-bond acceptors (Lipinski definition) is 4. The van der Waals surface area contributed by atoms with E-state index in [9.17, 15) is 9.59 Å². The number of rotatable bonds is 5. The first-order chi connectivity index (χ1) is 7.83. The summed E-state index contributed by atoms with van der Waals surface area (Å²) in [5.74, 6) is -0.665. The van der Waals surface area contributed by atoms with Gasteiger partial charge in [-0.25, -0.2) is 4.98 Å². The molecule has 0 saturated heterocycles. The molecule has 94 valence electrons. The quantitative estimate of drug-likeness (QED) is 0.769. The van der Waals surface area contributed by atoms with Crippen LogP contribution in [0.25, 0.3) is 0 Å². The number of nitrogens with zero attached hydrogens (tertiary/aromatic N) is 3. The summed E-state index contributed by atoms with van der Waals surface area (Å²) in [6.07, 6.45) is 1.31. The molecule has 0 saturated carbocycles. The van der Waals surface area contributed by atoms with Crippen molar-refractivity contribution in [1.29, 1.82) is 0 Å². The van der Waals surface area contributed by atoms with Gasteiger partial charge in [-0.2, -0.15) is 5.10 Å². The number of nitrogens with one attached hydrogen (secondary N) is 1. The van der Waals surface area contributed by atoms with Crippen LogP contribution in [0.1, 0.15) is 26.1 Å². The SMILES string of the molecule is CN(Cc1ncn[nH]1)C(=O)CC(C)(C)C(=O)O. The molecule has 1 amide bonds. The molecule has 0 spiro atoms. The molecule has 1 rings (SSSR count). The average Bonchev–Trinajstić information content (AvgIpc) is 2.69. The van der Waals surface area contributed by atoms with Crippen LogP contribution in [-0.2, 0) is 16.1 Å². The number of carbonyl (C=O) groups excluding carboxylic acids is 1. The Hall–Kier alpha value is -1.92. The molecule has 1 aromatic heterocycles. The van der Waals surface area contributed by atoms with Gasteiger partial charge in [0.05, 0.1) is 12.0 Å². The first-order valence-corrected chi connectivity index (χ1v) is 5.14. The standard InChI is InChI=1S/C10H16N4O3/c1-10(2,9(16)17)4-8(15)14(3)5-7-11-6-12-13-7/h6H,4-5H2,1-3H3,(H,16,17)(H,11,12,13). The van der Waals surface area contributed by atoms with Crippen LogP contribution >= 0.6 is 0 Å². The van der Waals surface area contributed by atoms with Crippen molar-refractivity contribution >= 4 is 11.9 Å². The molecule has 0 aromatic carbocycles. The third-order valence-electron chi connectivity index (χ3n) is 2.45. The van der Waals surface area contributed by atoms with Crippen molar-refractivity contribution in [3.05, 3.63) is 12.2 Å². The summed E-state index contributed by atoms with van der Waals surface area (Å²) < 4.78 is 0. The van der Waals surface area contributed by atoms with Crippen molar-refractivity contribution < 1.29 is 14.7 Å². The smallest absolute Gasteiger partial charge is 0.309 e. The maximum Gasteiger partial charge on any atom is 0.309 e. The normalized spacial score (nSPS) is 11.2. The number of aromatic amines is 1. The van der Waals surface area contributed by atoms with E-state index in [2.05, 4.69) is 15.2 Å². The van der Waals surface area contributed by atoms with E-state index in [4.69, 9.17) is 5.11 Å². The maximum absolute atomic E-state index is 11.8. The van der Waals surface area contributed by atoms with Crippen molar-refractivity contribution in [2.45, 2.75) is 26.8 Å². The molecule has 17 heavy (non-hydrogen) atoms. The van der Waals surface area contributed by atoms with Gasteiger partial charge in [-0.15, -0.1) is 0 Å². The number of aromatic nitrogens is 3. The number of aliphatic carboxylic acids is 1. The van der Waals surface area contributed by atoms with E-state index in [1.165, 1.54) is 25.1 Å². The lowest BCUT2D eigenvalue weighted by molar-refractivity contribution is -0.151. The summed E-state index contributed by atoms with van der Waals surface area (Å²) in [7, 11) is 1.60. The van der Waals surface area contributed by atoms with Gasteiger partial charge >= 0.3 is 5.97 Å². The largest absolute Gasteiger partial charge is 0.481 e. The lowest BCUT2D eigenvalue weighted by Crippen LogP contribution is -2.34. The number of H-pyrrole nitrogens is 1. The second-order valence-corrected chi connectivity index (χ2v) is 4.55. The first-order valence-electron chi connectivity index (χ1n) is 5.14. The van der Waals surface area contributed by atoms with Crippen LogP contribution in [0.15, 0.2) is 6.33 Å². The Balaban J connectivity index is 2.56. The molecule has 2 N–H and O–H groups in total. The molecule has 1 heterocycles. The zero-order valence-electron chi connectivity index (χ0n) is 10.1. The third-order valence-corrected chi connectivity index (χ3v) is 2.45. The van der Waals surface area contributed by atoms with E-state index in [-0.39, 0.29) is 18.9 Å². The monoisotopic (exact) mass is 240 g/mol. The van der Waals surface area contributed by atoms with Gasteiger partial charge in [0.2, 0.25) is 5.91 Å². The van der Waals surface area contributed by atoms with Crippen molar-refractivity contribution in [2.24, 2.45) is 5.41 Å². The molecule has 1 aromatic rings. The topological polar surface area (TPSA) is 99.2 Å². The van der Waals surface area contributed by atoms with Crippen LogP contribution in [-0.4, -0.2) is 44.1 Å². The minimum atomic E-state index is -1.06. The molecule has 0 aliphatic carbocycles. The van der Waals surface area contributed by atoms with Gasteiger partial charge in [0, 0.05) is 13.5 Å². The van der Waals surface area contributed by atoms with Gasteiger partial charge in [-0.1, -0.05) is 0 Å². The molecule has 7 heteroatoms. The summed E-state index contributed by atoms with van der Waals surface area (Å²) in [4.78, 5) is 28.0. The van der Waals surface area contributed by atoms with Crippen molar-refractivity contribution in [2.75, 3.05) is 7.05 Å². The molecule has 7 nitrogen and oxygen atoms in total. The summed E-state index contributed by atoms with van der Waals surface area (Å²) in [5, 5.41) is 15.2. The lowest BCUT2D eigenvalue weighted by Gasteiger charge is -2.22. The number of hydrogen-bond donors (Lipinski definition) is 2. The highest BCUT2D eigenvalue weighted by Crippen LogP contribution is 2.21. The molecule has 0 bridgehead atoms. The molecule has 0 aliphatic heterocycles. The molecule has 0 atom stereocenters. The third kappa shape index (κ3) is 3.54. The van der Waals surface area contributed by atoms with E-state index in [0.29, 0.717) is 5.82 Å². The summed E-state index contributed by atoms with van der Waals surface area (Å²) in [6.45, 7) is 3.33. The van der Waals surface area contributed by atoms with Crippen LogP contribution in [0, 0.1) is 5.41 Å². The highest BCUT2D eigenvalue weighted by molar-refractivity contribution is 5.84. The fraction of sp³-hybridized carbons (Fsp3) is 0.600. The van der Waals surface area contributed by atoms with Crippen LogP contribution in [0.2, 0.25) is 0 Å². The Labute approximate surface area is 98.8 Å². The number of amides is 1. The Morgan fingerprint density at radius 3 is 2.65 bits per heavy atom. The van der Waals surface area contributed by atoms with E-state index in [1.54, 1.807) is 7.05 Å². The predicted octanol–water partition coefficient (Wildman–Crippen LogP) is 0.264. The Morgan fingerprint density at radius 2 is 2.18 bits per heavy atom. The van der Waals surface area contributed by atoms with Crippen LogP contribution < -0.4 is 0 Å². The molecule has 0 radical (unpaired) electrons. The fourth-order valence-electron chi connectivity index (χ4n) is 1.21. The minimum Gasteiger partial charge on any atom is -0.481 e. The van der Waals surface area contributed by atoms with Crippen molar-refractivity contribution in [1.82, 2.24) is 20.1 Å². The second kappa shape index (κ2) is 4.94. The van der Waals surface area contributed by atoms with Gasteiger partial charge in [0.25, 0.3) is 0 Å². The summed E-state index contributed by atoms with van der Waals surface area (Å²) in [5.41, 5.74) is -1.06. The molecular formula is C10H16N4O3. The van der Waals surface area contributed by atoms with Gasteiger partial charge < -0.3 is 10.0 Å². The minimum absolute atomic E-state index is 0.0486. The highest BCUT2D eigenvalue weighted by atomic mass is 16.4. The predicted molar refractivity (Wildman–Crippen MR) is 58.9 cm³/mol. The van der Waals surface area contributed by atoms with E-state index in [0.717, 1.165) is 0 Å². The molecular weight excluding hydrogens is 224 g/mol. The van der Waals surface area contributed by atoms with Crippen molar-refractivity contribution in [3.63, 3.8) is 0 Å². The molecule has 0 fully saturated rings. The van der Waals surface area contributed by atoms with Gasteiger partial charge in [-0.05, 0) is 13.8 Å². The fourth-order valence-corrected chi connectivity index (χ4v) is 1.21. The maximum atomic E-state index is 11.8. The number of carboxylic acids is 1. The Morgan fingerprint density at radius 1 is 1.53 bits per heavy atom. The average molecular weight is 240 g/mol. The Bertz CT molecular complexity index is 400. The van der Waals surface area contributed by atoms with Gasteiger partial charge in [0.1, 0.15) is 12.2 Å². The zero-order valence-corrected chi connectivity index (χ0v) is 10.1. The van der Waals surface area contributed by atoms with E-state index >= 15 is 0 Å². The van der Waals surface area contributed by atoms with Crippen LogP contribution in [0.4, 0.5) is 0 Å². The highest BCUT2D eigenvalue weighted by Gasteiger charge is 2.31. The number of carbonyl (C=O) groups is 2. The first kappa shape index (κ1) is 13.1. The van der Waals surface area contributed by atoms with Gasteiger partial charge in [-0.3, -0.25) is 14.7 Å². The van der Waals surface area contributed by atoms with Gasteiger partial charge in [0.15, 0.2) is 0 Å². The molecule has 0 unspecified atom stereocenters. The zero-order chi connectivity index (χ0) is 13.1. The van der Waals surface area contributed by atoms with Crippen LogP contribution in [0.3, 0.4) is 0 Å². The van der Waals surface area contributed by atoms with E-state index in [1.807, 2.05) is 0 Å². The van der Waals surface area contributed by atoms with Crippen LogP contribution in [0.5, 0.6) is 0 Å². The molecule has 0 aliphatic rings. The Kier molecular flexibility index (Phi) is 3.82. The lowest BCUT2D eigenvalue weighted by atomic mass is 9.89. The van der Waals surface area contributed by atoms with Crippen molar-refractivity contribution in [3.8, 4) is 0 Å². The van der Waals surface area contributed by atoms with E-state index < -0.39 is 11.4 Å². The number of carboxylic acid groups (broad SMARTS) is 1. The summed E-state index contributed by atoms with van der Waals surface area (Å²) >= 11 is 0. The second-order valence-electron chi connectivity index (χ2n) is 4.55. The summed E-state index contributed by atoms with van der Waals surface area (Å²) in [6, 6.07) is 0.